The van der Waals surface area contributed by atoms with E-state index in [0.29, 0.717) is 0 Å². The Labute approximate surface area is 289 Å². The molecule has 0 atom stereocenters. The highest BCUT2D eigenvalue weighted by molar-refractivity contribution is 5.85. The molecule has 3 heteroatoms. The van der Waals surface area contributed by atoms with Gasteiger partial charge in [-0.3, -0.25) is 4.98 Å². The van der Waals surface area contributed by atoms with Gasteiger partial charge < -0.3 is 4.74 Å². The Morgan fingerprint density at radius 3 is 1.02 bits per heavy atom. The highest BCUT2D eigenvalue weighted by Gasteiger charge is 2.00. The fourth-order valence-electron chi connectivity index (χ4n) is 6.52. The number of unbranched alkanes of at least 4 members (excludes halogenated alkanes) is 31. The van der Waals surface area contributed by atoms with Gasteiger partial charge >= 0.3 is 0 Å². The van der Waals surface area contributed by atoms with Crippen molar-refractivity contribution in [1.29, 1.82) is 0 Å². The SMILES string of the molecule is CCCCCCCCCCCCCCCCCCCc1ccc(OCCCCCCCCCCCCCCCCCC)cn1.Cl. The number of hydrogen-bond acceptors (Lipinski definition) is 2. The number of ether oxygens (including phenoxy) is 1. The van der Waals surface area contributed by atoms with Crippen molar-refractivity contribution in [3.05, 3.63) is 24.0 Å². The predicted molar refractivity (Wildman–Crippen MR) is 204 cm³/mol. The van der Waals surface area contributed by atoms with Gasteiger partial charge in [0.25, 0.3) is 0 Å². The van der Waals surface area contributed by atoms with Gasteiger partial charge in [0.2, 0.25) is 0 Å². The quantitative estimate of drug-likeness (QED) is 0.0675. The van der Waals surface area contributed by atoms with E-state index in [1.807, 2.05) is 6.20 Å². The standard InChI is InChI=1S/C42H79NO.ClH/c1-3-5-7-9-11-13-15-17-19-21-22-24-26-28-30-32-34-36-41-37-38-42(40-43-41)44-39-35-33-31-29-27-25-23-20-18-16-14-12-10-8-6-4-2;/h37-38,40H,3-36,39H2,1-2H3;1H. The molecule has 2 nitrogen and oxygen atoms in total. The molecule has 45 heavy (non-hydrogen) atoms. The number of rotatable bonds is 36. The third-order valence-electron chi connectivity index (χ3n) is 9.60. The van der Waals surface area contributed by atoms with E-state index in [1.165, 1.54) is 218 Å². The summed E-state index contributed by atoms with van der Waals surface area (Å²) in [5.74, 6) is 0.942. The zero-order valence-electron chi connectivity index (χ0n) is 30.7. The molecule has 0 aromatic carbocycles. The predicted octanol–water partition coefficient (Wildman–Crippen LogP) is 15.3. The molecule has 0 aliphatic rings. The molecule has 0 bridgehead atoms. The van der Waals surface area contributed by atoms with Crippen molar-refractivity contribution in [1.82, 2.24) is 4.98 Å². The molecule has 1 aromatic rings. The average Bonchev–Trinajstić information content (AvgIpc) is 3.04. The van der Waals surface area contributed by atoms with Crippen LogP contribution in [0.2, 0.25) is 0 Å². The molecule has 1 rings (SSSR count). The second-order valence-electron chi connectivity index (χ2n) is 14.0. The fourth-order valence-corrected chi connectivity index (χ4v) is 6.52. The van der Waals surface area contributed by atoms with E-state index < -0.39 is 0 Å². The molecule has 0 aliphatic heterocycles. The largest absolute Gasteiger partial charge is 0.492 e. The van der Waals surface area contributed by atoms with Gasteiger partial charge in [-0.2, -0.15) is 0 Å². The molecule has 266 valence electrons. The lowest BCUT2D eigenvalue weighted by Gasteiger charge is -2.07. The second kappa shape index (κ2) is 37.7. The maximum absolute atomic E-state index is 5.96. The Bertz CT molecular complexity index is 606. The number of nitrogens with zero attached hydrogens (tertiary/aromatic N) is 1. The first-order valence-corrected chi connectivity index (χ1v) is 20.4. The van der Waals surface area contributed by atoms with Gasteiger partial charge in [0.15, 0.2) is 0 Å². The Balaban J connectivity index is 0.0000194. The summed E-state index contributed by atoms with van der Waals surface area (Å²) in [7, 11) is 0. The van der Waals surface area contributed by atoms with Gasteiger partial charge in [-0.25, -0.2) is 0 Å². The molecular formula is C42H80ClNO. The molecule has 0 N–H and O–H groups in total. The Morgan fingerprint density at radius 2 is 0.711 bits per heavy atom. The Morgan fingerprint density at radius 1 is 0.400 bits per heavy atom. The molecule has 0 amide bonds. The molecule has 0 spiro atoms. The van der Waals surface area contributed by atoms with Crippen LogP contribution in [0.5, 0.6) is 5.75 Å². The minimum absolute atomic E-state index is 0. The van der Waals surface area contributed by atoms with Gasteiger partial charge in [-0.15, -0.1) is 12.4 Å². The van der Waals surface area contributed by atoms with Gasteiger partial charge in [-0.05, 0) is 31.4 Å². The molecule has 1 heterocycles. The van der Waals surface area contributed by atoms with E-state index in [1.54, 1.807) is 0 Å². The summed E-state index contributed by atoms with van der Waals surface area (Å²) in [4.78, 5) is 4.66. The zero-order valence-corrected chi connectivity index (χ0v) is 31.6. The van der Waals surface area contributed by atoms with Crippen molar-refractivity contribution in [2.75, 3.05) is 6.61 Å². The van der Waals surface area contributed by atoms with Crippen molar-refractivity contribution in [3.63, 3.8) is 0 Å². The highest BCUT2D eigenvalue weighted by Crippen LogP contribution is 2.17. The number of halogens is 1. The highest BCUT2D eigenvalue weighted by atomic mass is 35.5. The summed E-state index contributed by atoms with van der Waals surface area (Å²) in [6, 6.07) is 4.30. The lowest BCUT2D eigenvalue weighted by Crippen LogP contribution is -1.99. The van der Waals surface area contributed by atoms with Crippen LogP contribution in [0.1, 0.15) is 231 Å². The van der Waals surface area contributed by atoms with E-state index in [2.05, 4.69) is 31.0 Å². The van der Waals surface area contributed by atoms with E-state index in [9.17, 15) is 0 Å². The van der Waals surface area contributed by atoms with Crippen LogP contribution in [-0.2, 0) is 6.42 Å². The normalized spacial score (nSPS) is 11.2. The van der Waals surface area contributed by atoms with Gasteiger partial charge in [-0.1, -0.05) is 213 Å². The van der Waals surface area contributed by atoms with Crippen molar-refractivity contribution < 1.29 is 4.74 Å². The van der Waals surface area contributed by atoms with Crippen molar-refractivity contribution in [2.24, 2.45) is 0 Å². The molecule has 0 saturated heterocycles. The minimum atomic E-state index is 0. The Kier molecular flexibility index (Phi) is 37.1. The molecule has 1 aromatic heterocycles. The van der Waals surface area contributed by atoms with E-state index in [-0.39, 0.29) is 12.4 Å². The monoisotopic (exact) mass is 650 g/mol. The third kappa shape index (κ3) is 33.0. The maximum Gasteiger partial charge on any atom is 0.137 e. The van der Waals surface area contributed by atoms with Crippen LogP contribution < -0.4 is 4.74 Å². The van der Waals surface area contributed by atoms with E-state index in [4.69, 9.17) is 4.74 Å². The minimum Gasteiger partial charge on any atom is -0.492 e. The van der Waals surface area contributed by atoms with Crippen molar-refractivity contribution in [2.45, 2.75) is 232 Å². The zero-order chi connectivity index (χ0) is 31.4. The van der Waals surface area contributed by atoms with Gasteiger partial charge in [0, 0.05) is 5.69 Å². The summed E-state index contributed by atoms with van der Waals surface area (Å²) < 4.78 is 5.96. The summed E-state index contributed by atoms with van der Waals surface area (Å²) >= 11 is 0. The molecule has 0 saturated carbocycles. The summed E-state index contributed by atoms with van der Waals surface area (Å²) in [5, 5.41) is 0. The van der Waals surface area contributed by atoms with Gasteiger partial charge in [0.05, 0.1) is 12.8 Å². The lowest BCUT2D eigenvalue weighted by molar-refractivity contribution is 0.303. The third-order valence-corrected chi connectivity index (χ3v) is 9.60. The lowest BCUT2D eigenvalue weighted by atomic mass is 10.0. The molecule has 0 aliphatic carbocycles. The molecule has 0 radical (unpaired) electrons. The van der Waals surface area contributed by atoms with E-state index >= 15 is 0 Å². The van der Waals surface area contributed by atoms with Crippen molar-refractivity contribution >= 4 is 12.4 Å². The topological polar surface area (TPSA) is 22.1 Å². The summed E-state index contributed by atoms with van der Waals surface area (Å²) in [6.07, 6.45) is 49.8. The van der Waals surface area contributed by atoms with Crippen LogP contribution >= 0.6 is 12.4 Å². The van der Waals surface area contributed by atoms with Crippen LogP contribution in [0.25, 0.3) is 0 Å². The number of hydrogen-bond donors (Lipinski definition) is 0. The fraction of sp³-hybridized carbons (Fsp3) is 0.881. The van der Waals surface area contributed by atoms with Gasteiger partial charge in [0.1, 0.15) is 5.75 Å². The van der Waals surface area contributed by atoms with Crippen LogP contribution in [0.15, 0.2) is 18.3 Å². The molecule has 0 fully saturated rings. The summed E-state index contributed by atoms with van der Waals surface area (Å²) in [6.45, 7) is 5.43. The first-order valence-electron chi connectivity index (χ1n) is 20.4. The first kappa shape index (κ1) is 44.2. The number of aromatic nitrogens is 1. The van der Waals surface area contributed by atoms with Crippen LogP contribution in [0.4, 0.5) is 0 Å². The van der Waals surface area contributed by atoms with Crippen LogP contribution in [0, 0.1) is 0 Å². The van der Waals surface area contributed by atoms with E-state index in [0.717, 1.165) is 18.8 Å². The average molecular weight is 651 g/mol. The van der Waals surface area contributed by atoms with Crippen molar-refractivity contribution in [3.8, 4) is 5.75 Å². The first-order chi connectivity index (χ1) is 21.9. The number of aryl methyl sites for hydroxylation is 1. The van der Waals surface area contributed by atoms with Crippen LogP contribution in [-0.4, -0.2) is 11.6 Å². The van der Waals surface area contributed by atoms with Crippen LogP contribution in [0.3, 0.4) is 0 Å². The molecule has 0 unspecified atom stereocenters. The number of pyridine rings is 1. The molecular weight excluding hydrogens is 570 g/mol. The second-order valence-corrected chi connectivity index (χ2v) is 14.0. The Hall–Kier alpha value is -0.760. The maximum atomic E-state index is 5.96. The smallest absolute Gasteiger partial charge is 0.137 e. The summed E-state index contributed by atoms with van der Waals surface area (Å²) in [5.41, 5.74) is 1.22.